The van der Waals surface area contributed by atoms with Crippen LogP contribution in [0.2, 0.25) is 5.02 Å². The minimum absolute atomic E-state index is 0.243. The molecule has 0 radical (unpaired) electrons. The van der Waals surface area contributed by atoms with Crippen LogP contribution < -0.4 is 5.32 Å². The first-order valence-corrected chi connectivity index (χ1v) is 7.38. The summed E-state index contributed by atoms with van der Waals surface area (Å²) >= 11 is 6.17. The summed E-state index contributed by atoms with van der Waals surface area (Å²) < 4.78 is 0. The average Bonchev–Trinajstić information content (AvgIpc) is 2.39. The highest BCUT2D eigenvalue weighted by atomic mass is 35.5. The lowest BCUT2D eigenvalue weighted by Gasteiger charge is -2.19. The van der Waals surface area contributed by atoms with Gasteiger partial charge in [-0.15, -0.1) is 0 Å². The van der Waals surface area contributed by atoms with E-state index in [1.54, 1.807) is 0 Å². The maximum absolute atomic E-state index is 6.17. The quantitative estimate of drug-likeness (QED) is 0.890. The average molecular weight is 289 g/mol. The van der Waals surface area contributed by atoms with E-state index in [9.17, 15) is 0 Å². The Hall–Kier alpha value is -1.38. The minimum Gasteiger partial charge on any atom is -0.310 e. The van der Waals surface area contributed by atoms with Gasteiger partial charge in [0.15, 0.2) is 0 Å². The predicted octanol–water partition coefficient (Wildman–Crippen LogP) is 4.25. The van der Waals surface area contributed by atoms with Gasteiger partial charge in [-0.25, -0.2) is 0 Å². The van der Waals surface area contributed by atoms with Crippen molar-refractivity contribution in [2.75, 3.05) is 6.54 Å². The van der Waals surface area contributed by atoms with E-state index < -0.39 is 0 Å². The van der Waals surface area contributed by atoms with Crippen molar-refractivity contribution in [3.63, 3.8) is 0 Å². The Morgan fingerprint density at radius 1 is 1.15 bits per heavy atom. The van der Waals surface area contributed by atoms with Crippen LogP contribution in [0.25, 0.3) is 0 Å². The van der Waals surface area contributed by atoms with Crippen molar-refractivity contribution in [2.24, 2.45) is 0 Å². The zero-order chi connectivity index (χ0) is 14.5. The van der Waals surface area contributed by atoms with Gasteiger partial charge in [0.05, 0.1) is 0 Å². The van der Waals surface area contributed by atoms with Crippen LogP contribution in [0.1, 0.15) is 35.3 Å². The van der Waals surface area contributed by atoms with Crippen molar-refractivity contribution in [3.05, 3.63) is 63.9 Å². The predicted molar refractivity (Wildman–Crippen MR) is 85.3 cm³/mol. The molecule has 0 amide bonds. The van der Waals surface area contributed by atoms with E-state index in [0.29, 0.717) is 0 Å². The molecule has 2 nitrogen and oxygen atoms in total. The zero-order valence-corrected chi connectivity index (χ0v) is 13.0. The van der Waals surface area contributed by atoms with Crippen LogP contribution in [0.4, 0.5) is 0 Å². The second-order valence-corrected chi connectivity index (χ2v) is 5.64. The third-order valence-electron chi connectivity index (χ3n) is 3.30. The van der Waals surface area contributed by atoms with Crippen molar-refractivity contribution < 1.29 is 0 Å². The molecule has 0 aliphatic heterocycles. The third-order valence-corrected chi connectivity index (χ3v) is 3.52. The number of halogens is 1. The van der Waals surface area contributed by atoms with Gasteiger partial charge in [-0.1, -0.05) is 30.7 Å². The molecule has 106 valence electrons. The zero-order valence-electron chi connectivity index (χ0n) is 12.3. The van der Waals surface area contributed by atoms with Gasteiger partial charge < -0.3 is 5.32 Å². The molecule has 1 aromatic carbocycles. The summed E-state index contributed by atoms with van der Waals surface area (Å²) in [5.74, 6) is 0. The Bertz CT molecular complexity index is 543. The molecule has 2 aromatic rings. The number of benzene rings is 1. The maximum atomic E-state index is 6.17. The fourth-order valence-corrected chi connectivity index (χ4v) is 2.65. The molecule has 1 N–H and O–H groups in total. The number of aryl methyl sites for hydroxylation is 2. The molecule has 1 aromatic heterocycles. The molecule has 0 aliphatic carbocycles. The largest absolute Gasteiger partial charge is 0.310 e. The highest BCUT2D eigenvalue weighted by Gasteiger charge is 2.13. The monoisotopic (exact) mass is 288 g/mol. The van der Waals surface area contributed by atoms with Gasteiger partial charge in [0, 0.05) is 29.4 Å². The highest BCUT2D eigenvalue weighted by Crippen LogP contribution is 2.23. The van der Waals surface area contributed by atoms with E-state index in [4.69, 9.17) is 11.6 Å². The summed E-state index contributed by atoms with van der Waals surface area (Å²) in [6, 6.07) is 10.7. The van der Waals surface area contributed by atoms with Crippen molar-refractivity contribution in [2.45, 2.75) is 33.2 Å². The van der Waals surface area contributed by atoms with Gasteiger partial charge in [-0.2, -0.15) is 0 Å². The molecule has 1 atom stereocenters. The second kappa shape index (κ2) is 6.87. The summed E-state index contributed by atoms with van der Waals surface area (Å²) in [5, 5.41) is 4.31. The van der Waals surface area contributed by atoms with E-state index in [0.717, 1.165) is 23.7 Å². The molecule has 1 unspecified atom stereocenters. The molecular formula is C17H21ClN2. The first-order valence-electron chi connectivity index (χ1n) is 7.00. The lowest BCUT2D eigenvalue weighted by Crippen LogP contribution is -2.23. The normalized spacial score (nSPS) is 12.4. The van der Waals surface area contributed by atoms with E-state index in [-0.39, 0.29) is 6.04 Å². The Morgan fingerprint density at radius 3 is 2.55 bits per heavy atom. The van der Waals surface area contributed by atoms with Gasteiger partial charge in [-0.3, -0.25) is 4.98 Å². The molecule has 0 bridgehead atoms. The van der Waals surface area contributed by atoms with Crippen LogP contribution in [-0.4, -0.2) is 11.5 Å². The van der Waals surface area contributed by atoms with Crippen LogP contribution in [0.5, 0.6) is 0 Å². The van der Waals surface area contributed by atoms with Crippen molar-refractivity contribution >= 4 is 11.6 Å². The van der Waals surface area contributed by atoms with Crippen LogP contribution in [0.15, 0.2) is 36.5 Å². The Kier molecular flexibility index (Phi) is 5.16. The minimum atomic E-state index is 0.243. The van der Waals surface area contributed by atoms with E-state index in [1.165, 1.54) is 16.7 Å². The summed E-state index contributed by atoms with van der Waals surface area (Å²) in [6.45, 7) is 7.16. The van der Waals surface area contributed by atoms with Gasteiger partial charge in [0.25, 0.3) is 0 Å². The van der Waals surface area contributed by atoms with Gasteiger partial charge in [-0.05, 0) is 55.3 Å². The molecular weight excluding hydrogens is 268 g/mol. The van der Waals surface area contributed by atoms with Crippen LogP contribution in [0.3, 0.4) is 0 Å². The second-order valence-electron chi connectivity index (χ2n) is 5.20. The first-order chi connectivity index (χ1) is 9.58. The number of hydrogen-bond donors (Lipinski definition) is 1. The van der Waals surface area contributed by atoms with E-state index in [1.807, 2.05) is 18.3 Å². The van der Waals surface area contributed by atoms with Crippen molar-refractivity contribution in [3.8, 4) is 0 Å². The smallest absolute Gasteiger partial charge is 0.0422 e. The number of pyridine rings is 1. The van der Waals surface area contributed by atoms with E-state index in [2.05, 4.69) is 49.3 Å². The molecule has 0 aliphatic rings. The standard InChI is InChI=1S/C17H21ClN2/c1-4-19-17(10-16-6-5-12(2)11-20-16)14-7-13(3)8-15(18)9-14/h5-9,11,17,19H,4,10H2,1-3H3. The summed E-state index contributed by atoms with van der Waals surface area (Å²) in [4.78, 5) is 4.50. The molecule has 0 saturated carbocycles. The lowest BCUT2D eigenvalue weighted by molar-refractivity contribution is 0.544. The number of hydrogen-bond acceptors (Lipinski definition) is 2. The third kappa shape index (κ3) is 4.06. The van der Waals surface area contributed by atoms with Gasteiger partial charge in [0.2, 0.25) is 0 Å². The fraction of sp³-hybridized carbons (Fsp3) is 0.353. The molecule has 2 rings (SSSR count). The summed E-state index contributed by atoms with van der Waals surface area (Å²) in [6.07, 6.45) is 2.79. The van der Waals surface area contributed by atoms with E-state index >= 15 is 0 Å². The Morgan fingerprint density at radius 2 is 1.95 bits per heavy atom. The van der Waals surface area contributed by atoms with Gasteiger partial charge >= 0.3 is 0 Å². The molecule has 3 heteroatoms. The highest BCUT2D eigenvalue weighted by molar-refractivity contribution is 6.30. The number of aromatic nitrogens is 1. The summed E-state index contributed by atoms with van der Waals surface area (Å²) in [5.41, 5.74) is 4.69. The topological polar surface area (TPSA) is 24.9 Å². The Balaban J connectivity index is 2.23. The Labute approximate surface area is 126 Å². The van der Waals surface area contributed by atoms with Crippen LogP contribution in [-0.2, 0) is 6.42 Å². The molecule has 0 fully saturated rings. The number of nitrogens with zero attached hydrogens (tertiary/aromatic N) is 1. The van der Waals surface area contributed by atoms with Crippen molar-refractivity contribution in [1.29, 1.82) is 0 Å². The lowest BCUT2D eigenvalue weighted by atomic mass is 9.99. The molecule has 0 saturated heterocycles. The summed E-state index contributed by atoms with van der Waals surface area (Å²) in [7, 11) is 0. The number of rotatable bonds is 5. The molecule has 1 heterocycles. The van der Waals surface area contributed by atoms with Crippen LogP contribution >= 0.6 is 11.6 Å². The number of nitrogens with one attached hydrogen (secondary N) is 1. The maximum Gasteiger partial charge on any atom is 0.0422 e. The first kappa shape index (κ1) is 15.0. The SMILES string of the molecule is CCNC(Cc1ccc(C)cn1)c1cc(C)cc(Cl)c1. The van der Waals surface area contributed by atoms with Crippen LogP contribution in [0, 0.1) is 13.8 Å². The molecule has 20 heavy (non-hydrogen) atoms. The molecule has 0 spiro atoms. The number of likely N-dealkylation sites (N-methyl/N-ethyl adjacent to an activating group) is 1. The van der Waals surface area contributed by atoms with Crippen molar-refractivity contribution in [1.82, 2.24) is 10.3 Å². The fourth-order valence-electron chi connectivity index (χ4n) is 2.35. The van der Waals surface area contributed by atoms with Gasteiger partial charge in [0.1, 0.15) is 0 Å².